The molecule has 0 fully saturated rings. The monoisotopic (exact) mass is 197 g/mol. The smallest absolute Gasteiger partial charge is 0.0270 e. The predicted octanol–water partition coefficient (Wildman–Crippen LogP) is 3.18. The molecule has 1 heteroatoms. The Kier molecular flexibility index (Phi) is 3.13. The molecule has 0 amide bonds. The van der Waals surface area contributed by atoms with Gasteiger partial charge in [-0.3, -0.25) is 4.98 Å². The lowest BCUT2D eigenvalue weighted by Crippen LogP contribution is -1.91. The van der Waals surface area contributed by atoms with Crippen LogP contribution in [-0.4, -0.2) is 4.98 Å². The van der Waals surface area contributed by atoms with Gasteiger partial charge in [-0.25, -0.2) is 0 Å². The van der Waals surface area contributed by atoms with Crippen molar-refractivity contribution in [3.05, 3.63) is 65.5 Å². The Hall–Kier alpha value is -1.63. The van der Waals surface area contributed by atoms with Gasteiger partial charge in [0.2, 0.25) is 0 Å². The maximum atomic E-state index is 4.01. The molecule has 15 heavy (non-hydrogen) atoms. The molecule has 0 aliphatic rings. The van der Waals surface area contributed by atoms with E-state index in [-0.39, 0.29) is 0 Å². The second-order valence-electron chi connectivity index (χ2n) is 3.84. The van der Waals surface area contributed by atoms with Crippen molar-refractivity contribution in [3.8, 4) is 0 Å². The van der Waals surface area contributed by atoms with Gasteiger partial charge in [-0.2, -0.15) is 0 Å². The van der Waals surface area contributed by atoms with Crippen LogP contribution < -0.4 is 0 Å². The van der Waals surface area contributed by atoms with Gasteiger partial charge in [0.15, 0.2) is 0 Å². The van der Waals surface area contributed by atoms with Crippen LogP contribution in [0.5, 0.6) is 0 Å². The van der Waals surface area contributed by atoms with Gasteiger partial charge in [-0.15, -0.1) is 0 Å². The van der Waals surface area contributed by atoms with Crippen LogP contribution in [0.1, 0.15) is 16.7 Å². The minimum Gasteiger partial charge on any atom is -0.265 e. The third-order valence-electron chi connectivity index (χ3n) is 2.53. The van der Waals surface area contributed by atoms with Gasteiger partial charge in [-0.1, -0.05) is 29.8 Å². The van der Waals surface area contributed by atoms with E-state index in [1.54, 1.807) is 0 Å². The maximum Gasteiger partial charge on any atom is 0.0270 e. The number of aromatic nitrogens is 1. The summed E-state index contributed by atoms with van der Waals surface area (Å²) in [5.74, 6) is 0. The van der Waals surface area contributed by atoms with Gasteiger partial charge in [0.1, 0.15) is 0 Å². The Bertz CT molecular complexity index is 420. The molecular formula is C14H15N. The summed E-state index contributed by atoms with van der Waals surface area (Å²) in [6.07, 6.45) is 5.90. The number of benzene rings is 1. The van der Waals surface area contributed by atoms with E-state index in [1.807, 2.05) is 12.4 Å². The van der Waals surface area contributed by atoms with E-state index >= 15 is 0 Å². The van der Waals surface area contributed by atoms with E-state index in [2.05, 4.69) is 48.3 Å². The zero-order valence-electron chi connectivity index (χ0n) is 8.98. The fraction of sp³-hybridized carbons (Fsp3) is 0.214. The van der Waals surface area contributed by atoms with Crippen LogP contribution in [0, 0.1) is 6.92 Å². The lowest BCUT2D eigenvalue weighted by molar-refractivity contribution is 0.953. The van der Waals surface area contributed by atoms with Crippen molar-refractivity contribution in [2.24, 2.45) is 0 Å². The van der Waals surface area contributed by atoms with E-state index in [4.69, 9.17) is 0 Å². The minimum absolute atomic E-state index is 1.09. The zero-order chi connectivity index (χ0) is 10.5. The van der Waals surface area contributed by atoms with Crippen LogP contribution in [0.15, 0.2) is 48.8 Å². The molecule has 0 spiro atoms. The van der Waals surface area contributed by atoms with Gasteiger partial charge >= 0.3 is 0 Å². The Morgan fingerprint density at radius 3 is 2.40 bits per heavy atom. The van der Waals surface area contributed by atoms with Gasteiger partial charge in [-0.05, 0) is 43.0 Å². The highest BCUT2D eigenvalue weighted by atomic mass is 14.6. The molecule has 2 rings (SSSR count). The average Bonchev–Trinajstić information content (AvgIpc) is 2.28. The second-order valence-corrected chi connectivity index (χ2v) is 3.84. The van der Waals surface area contributed by atoms with Crippen LogP contribution in [0.2, 0.25) is 0 Å². The van der Waals surface area contributed by atoms with Crippen molar-refractivity contribution in [1.29, 1.82) is 0 Å². The van der Waals surface area contributed by atoms with E-state index < -0.39 is 0 Å². The number of pyridine rings is 1. The first-order valence-electron chi connectivity index (χ1n) is 5.29. The molecule has 1 aromatic carbocycles. The zero-order valence-corrected chi connectivity index (χ0v) is 8.98. The normalized spacial score (nSPS) is 10.2. The summed E-state index contributed by atoms with van der Waals surface area (Å²) in [7, 11) is 0. The molecule has 1 aromatic heterocycles. The number of aryl methyl sites for hydroxylation is 3. The summed E-state index contributed by atoms with van der Waals surface area (Å²) in [5, 5.41) is 0. The van der Waals surface area contributed by atoms with Gasteiger partial charge in [0.05, 0.1) is 0 Å². The van der Waals surface area contributed by atoms with Gasteiger partial charge < -0.3 is 0 Å². The van der Waals surface area contributed by atoms with Crippen LogP contribution in [0.3, 0.4) is 0 Å². The first-order chi connectivity index (χ1) is 7.34. The molecule has 0 aliphatic carbocycles. The molecule has 0 saturated carbocycles. The van der Waals surface area contributed by atoms with Crippen molar-refractivity contribution in [1.82, 2.24) is 4.98 Å². The van der Waals surface area contributed by atoms with Crippen LogP contribution in [0.25, 0.3) is 0 Å². The molecule has 0 unspecified atom stereocenters. The Morgan fingerprint density at radius 1 is 0.933 bits per heavy atom. The largest absolute Gasteiger partial charge is 0.265 e. The Balaban J connectivity index is 1.99. The average molecular weight is 197 g/mol. The first kappa shape index (κ1) is 9.91. The predicted molar refractivity (Wildman–Crippen MR) is 62.8 cm³/mol. The molecule has 1 nitrogen and oxygen atoms in total. The van der Waals surface area contributed by atoms with Gasteiger partial charge in [0, 0.05) is 12.4 Å². The van der Waals surface area contributed by atoms with E-state index in [9.17, 15) is 0 Å². The van der Waals surface area contributed by atoms with Crippen molar-refractivity contribution >= 4 is 0 Å². The fourth-order valence-corrected chi connectivity index (χ4v) is 1.71. The SMILES string of the molecule is Cc1cccc(CCc2ccncc2)c1. The molecule has 0 saturated heterocycles. The van der Waals surface area contributed by atoms with Gasteiger partial charge in [0.25, 0.3) is 0 Å². The third-order valence-corrected chi connectivity index (χ3v) is 2.53. The minimum atomic E-state index is 1.09. The lowest BCUT2D eigenvalue weighted by atomic mass is 10.0. The summed E-state index contributed by atoms with van der Waals surface area (Å²) >= 11 is 0. The van der Waals surface area contributed by atoms with Crippen LogP contribution >= 0.6 is 0 Å². The number of hydrogen-bond donors (Lipinski definition) is 0. The highest BCUT2D eigenvalue weighted by molar-refractivity contribution is 5.23. The summed E-state index contributed by atoms with van der Waals surface area (Å²) < 4.78 is 0. The van der Waals surface area contributed by atoms with E-state index in [0.717, 1.165) is 12.8 Å². The Labute approximate surface area is 90.8 Å². The lowest BCUT2D eigenvalue weighted by Gasteiger charge is -2.02. The van der Waals surface area contributed by atoms with Crippen molar-refractivity contribution in [3.63, 3.8) is 0 Å². The Morgan fingerprint density at radius 2 is 1.67 bits per heavy atom. The molecule has 0 aliphatic heterocycles. The molecule has 0 radical (unpaired) electrons. The summed E-state index contributed by atoms with van der Waals surface area (Å²) in [6.45, 7) is 2.13. The number of rotatable bonds is 3. The fourth-order valence-electron chi connectivity index (χ4n) is 1.71. The van der Waals surface area contributed by atoms with Crippen molar-refractivity contribution < 1.29 is 0 Å². The molecule has 1 heterocycles. The topological polar surface area (TPSA) is 12.9 Å². The standard InChI is InChI=1S/C14H15N/c1-12-3-2-4-14(11-12)6-5-13-7-9-15-10-8-13/h2-4,7-11H,5-6H2,1H3. The summed E-state index contributed by atoms with van der Waals surface area (Å²) in [6, 6.07) is 12.9. The molecule has 76 valence electrons. The molecule has 0 atom stereocenters. The van der Waals surface area contributed by atoms with Crippen LogP contribution in [0.4, 0.5) is 0 Å². The highest BCUT2D eigenvalue weighted by Gasteiger charge is 1.95. The van der Waals surface area contributed by atoms with E-state index in [1.165, 1.54) is 16.7 Å². The molecule has 0 bridgehead atoms. The second kappa shape index (κ2) is 4.74. The summed E-state index contributed by atoms with van der Waals surface area (Å²) in [5.41, 5.74) is 4.10. The first-order valence-corrected chi connectivity index (χ1v) is 5.29. The summed E-state index contributed by atoms with van der Waals surface area (Å²) in [4.78, 5) is 4.01. The van der Waals surface area contributed by atoms with Crippen molar-refractivity contribution in [2.75, 3.05) is 0 Å². The van der Waals surface area contributed by atoms with Crippen LogP contribution in [-0.2, 0) is 12.8 Å². The molecule has 0 N–H and O–H groups in total. The number of nitrogens with zero attached hydrogens (tertiary/aromatic N) is 1. The number of hydrogen-bond acceptors (Lipinski definition) is 1. The van der Waals surface area contributed by atoms with Crippen molar-refractivity contribution in [2.45, 2.75) is 19.8 Å². The molecular weight excluding hydrogens is 182 g/mol. The van der Waals surface area contributed by atoms with E-state index in [0.29, 0.717) is 0 Å². The quantitative estimate of drug-likeness (QED) is 0.736. The third kappa shape index (κ3) is 2.91. The molecule has 2 aromatic rings. The maximum absolute atomic E-state index is 4.01. The highest BCUT2D eigenvalue weighted by Crippen LogP contribution is 2.08.